The van der Waals surface area contributed by atoms with Crippen LogP contribution in [0.15, 0.2) is 0 Å². The molecule has 6 nitrogen and oxygen atoms in total. The molecule has 1 heterocycles. The lowest BCUT2D eigenvalue weighted by Gasteiger charge is -2.26. The van der Waals surface area contributed by atoms with Crippen LogP contribution in [0.3, 0.4) is 0 Å². The molecule has 0 bridgehead atoms. The van der Waals surface area contributed by atoms with Crippen molar-refractivity contribution < 1.29 is 23.1 Å². The Kier molecular flexibility index (Phi) is 6.22. The maximum Gasteiger partial charge on any atom is 0.303 e. The van der Waals surface area contributed by atoms with E-state index in [-0.39, 0.29) is 30.9 Å². The summed E-state index contributed by atoms with van der Waals surface area (Å²) in [5.74, 6) is -0.904. The lowest BCUT2D eigenvalue weighted by atomic mass is 10.3. The predicted octanol–water partition coefficient (Wildman–Crippen LogP) is 1.07. The highest BCUT2D eigenvalue weighted by Gasteiger charge is 2.30. The van der Waals surface area contributed by atoms with Crippen molar-refractivity contribution in [3.63, 3.8) is 0 Å². The van der Waals surface area contributed by atoms with Gasteiger partial charge in [-0.1, -0.05) is 0 Å². The molecule has 0 aromatic carbocycles. The minimum absolute atomic E-state index is 0.00173. The Morgan fingerprint density at radius 2 is 2.16 bits per heavy atom. The van der Waals surface area contributed by atoms with Crippen LogP contribution in [0.25, 0.3) is 0 Å². The van der Waals surface area contributed by atoms with Crippen LogP contribution in [0.2, 0.25) is 0 Å². The molecule has 0 aromatic heterocycles. The smallest absolute Gasteiger partial charge is 0.303 e. The number of sulfonamides is 1. The SMILES string of the molecule is CC(C)N(CCCC(=O)O)S(=O)(=O)CC1CCCO1. The minimum Gasteiger partial charge on any atom is -0.481 e. The van der Waals surface area contributed by atoms with E-state index < -0.39 is 16.0 Å². The summed E-state index contributed by atoms with van der Waals surface area (Å²) < 4.78 is 31.4. The van der Waals surface area contributed by atoms with E-state index >= 15 is 0 Å². The topological polar surface area (TPSA) is 83.9 Å². The number of aliphatic carboxylic acids is 1. The van der Waals surface area contributed by atoms with Gasteiger partial charge in [-0.05, 0) is 33.1 Å². The summed E-state index contributed by atoms with van der Waals surface area (Å²) in [6.07, 6.45) is 1.78. The molecule has 1 aliphatic rings. The van der Waals surface area contributed by atoms with E-state index in [2.05, 4.69) is 0 Å². The first-order chi connectivity index (χ1) is 8.83. The number of nitrogens with zero attached hydrogens (tertiary/aromatic N) is 1. The van der Waals surface area contributed by atoms with E-state index in [9.17, 15) is 13.2 Å². The Bertz CT molecular complexity index is 387. The number of rotatable bonds is 8. The summed E-state index contributed by atoms with van der Waals surface area (Å²) in [7, 11) is -3.39. The quantitative estimate of drug-likeness (QED) is 0.723. The van der Waals surface area contributed by atoms with Crippen molar-refractivity contribution in [2.75, 3.05) is 18.9 Å². The third-order valence-corrected chi connectivity index (χ3v) is 5.23. The van der Waals surface area contributed by atoms with Crippen LogP contribution in [-0.4, -0.2) is 54.8 Å². The Morgan fingerprint density at radius 3 is 2.63 bits per heavy atom. The summed E-state index contributed by atoms with van der Waals surface area (Å²) >= 11 is 0. The third-order valence-electron chi connectivity index (χ3n) is 3.12. The monoisotopic (exact) mass is 293 g/mol. The van der Waals surface area contributed by atoms with Crippen molar-refractivity contribution >= 4 is 16.0 Å². The van der Waals surface area contributed by atoms with Crippen molar-refractivity contribution in [2.24, 2.45) is 0 Å². The van der Waals surface area contributed by atoms with E-state index in [1.54, 1.807) is 13.8 Å². The number of carbonyl (C=O) groups is 1. The second-order valence-electron chi connectivity index (χ2n) is 5.12. The third kappa shape index (κ3) is 5.46. The van der Waals surface area contributed by atoms with Gasteiger partial charge in [-0.2, -0.15) is 4.31 Å². The summed E-state index contributed by atoms with van der Waals surface area (Å²) in [5, 5.41) is 8.61. The summed E-state index contributed by atoms with van der Waals surface area (Å²) in [6, 6.07) is -0.166. The van der Waals surface area contributed by atoms with Gasteiger partial charge >= 0.3 is 5.97 Å². The molecule has 0 saturated carbocycles. The van der Waals surface area contributed by atoms with Gasteiger partial charge in [0.05, 0.1) is 11.9 Å². The molecule has 1 atom stereocenters. The zero-order valence-corrected chi connectivity index (χ0v) is 12.4. The van der Waals surface area contributed by atoms with Gasteiger partial charge in [0.1, 0.15) is 0 Å². The highest BCUT2D eigenvalue weighted by molar-refractivity contribution is 7.89. The van der Waals surface area contributed by atoms with Crippen LogP contribution < -0.4 is 0 Å². The average molecular weight is 293 g/mol. The van der Waals surface area contributed by atoms with Crippen LogP contribution >= 0.6 is 0 Å². The molecule has 1 N–H and O–H groups in total. The van der Waals surface area contributed by atoms with E-state index in [4.69, 9.17) is 9.84 Å². The minimum atomic E-state index is -3.39. The van der Waals surface area contributed by atoms with Crippen molar-refractivity contribution in [1.29, 1.82) is 0 Å². The van der Waals surface area contributed by atoms with Gasteiger partial charge in [0.2, 0.25) is 10.0 Å². The molecule has 0 amide bonds. The Morgan fingerprint density at radius 1 is 1.47 bits per heavy atom. The molecule has 19 heavy (non-hydrogen) atoms. The lowest BCUT2D eigenvalue weighted by Crippen LogP contribution is -2.41. The molecule has 0 radical (unpaired) electrons. The first-order valence-electron chi connectivity index (χ1n) is 6.66. The second kappa shape index (κ2) is 7.21. The van der Waals surface area contributed by atoms with E-state index in [1.807, 2.05) is 0 Å². The number of carboxylic acid groups (broad SMARTS) is 1. The summed E-state index contributed by atoms with van der Waals surface area (Å²) in [4.78, 5) is 10.5. The average Bonchev–Trinajstić information content (AvgIpc) is 2.74. The van der Waals surface area contributed by atoms with Gasteiger partial charge in [0.25, 0.3) is 0 Å². The fourth-order valence-electron chi connectivity index (χ4n) is 2.21. The molecular formula is C12H23NO5S. The van der Waals surface area contributed by atoms with Gasteiger partial charge in [-0.15, -0.1) is 0 Å². The Hall–Kier alpha value is -0.660. The zero-order chi connectivity index (χ0) is 14.5. The highest BCUT2D eigenvalue weighted by Crippen LogP contribution is 2.18. The van der Waals surface area contributed by atoms with Crippen LogP contribution in [-0.2, 0) is 19.6 Å². The van der Waals surface area contributed by atoms with Gasteiger partial charge in [-0.25, -0.2) is 8.42 Å². The fourth-order valence-corrected chi connectivity index (χ4v) is 4.18. The summed E-state index contributed by atoms with van der Waals surface area (Å²) in [6.45, 7) is 4.47. The maximum absolute atomic E-state index is 12.3. The van der Waals surface area contributed by atoms with Gasteiger partial charge in [0.15, 0.2) is 0 Å². The first-order valence-corrected chi connectivity index (χ1v) is 8.27. The van der Waals surface area contributed by atoms with Crippen LogP contribution in [0.5, 0.6) is 0 Å². The Balaban J connectivity index is 2.59. The number of carboxylic acids is 1. The zero-order valence-electron chi connectivity index (χ0n) is 11.5. The molecular weight excluding hydrogens is 270 g/mol. The first kappa shape index (κ1) is 16.4. The van der Waals surface area contributed by atoms with E-state index in [0.29, 0.717) is 13.0 Å². The molecule has 1 saturated heterocycles. The largest absolute Gasteiger partial charge is 0.481 e. The predicted molar refractivity (Wildman–Crippen MR) is 71.5 cm³/mol. The molecule has 1 aliphatic heterocycles. The highest BCUT2D eigenvalue weighted by atomic mass is 32.2. The van der Waals surface area contributed by atoms with Crippen molar-refractivity contribution in [3.05, 3.63) is 0 Å². The fraction of sp³-hybridized carbons (Fsp3) is 0.917. The molecule has 0 aromatic rings. The number of hydrogen-bond donors (Lipinski definition) is 1. The molecule has 1 fully saturated rings. The second-order valence-corrected chi connectivity index (χ2v) is 7.08. The van der Waals surface area contributed by atoms with Crippen molar-refractivity contribution in [1.82, 2.24) is 4.31 Å². The molecule has 1 unspecified atom stereocenters. The van der Waals surface area contributed by atoms with Crippen molar-refractivity contribution in [3.8, 4) is 0 Å². The molecule has 0 spiro atoms. The standard InChI is InChI=1S/C12H23NO5S/c1-10(2)13(7-3-6-12(14)15)19(16,17)9-11-5-4-8-18-11/h10-11H,3-9H2,1-2H3,(H,14,15). The molecule has 7 heteroatoms. The normalized spacial score (nSPS) is 20.3. The maximum atomic E-state index is 12.3. The Labute approximate surface area is 114 Å². The van der Waals surface area contributed by atoms with Gasteiger partial charge < -0.3 is 9.84 Å². The number of hydrogen-bond acceptors (Lipinski definition) is 4. The van der Waals surface area contributed by atoms with Crippen LogP contribution in [0, 0.1) is 0 Å². The molecule has 1 rings (SSSR count). The lowest BCUT2D eigenvalue weighted by molar-refractivity contribution is -0.137. The number of ether oxygens (including phenoxy) is 1. The van der Waals surface area contributed by atoms with Crippen LogP contribution in [0.1, 0.15) is 39.5 Å². The van der Waals surface area contributed by atoms with Crippen LogP contribution in [0.4, 0.5) is 0 Å². The summed E-state index contributed by atoms with van der Waals surface area (Å²) in [5.41, 5.74) is 0. The molecule has 112 valence electrons. The van der Waals surface area contributed by atoms with E-state index in [0.717, 1.165) is 12.8 Å². The van der Waals surface area contributed by atoms with Gasteiger partial charge in [0, 0.05) is 25.6 Å². The van der Waals surface area contributed by atoms with Crippen molar-refractivity contribution in [2.45, 2.75) is 51.7 Å². The van der Waals surface area contributed by atoms with Gasteiger partial charge in [-0.3, -0.25) is 4.79 Å². The molecule has 0 aliphatic carbocycles. The van der Waals surface area contributed by atoms with E-state index in [1.165, 1.54) is 4.31 Å².